The summed E-state index contributed by atoms with van der Waals surface area (Å²) >= 11 is 1.14. The van der Waals surface area contributed by atoms with Crippen molar-refractivity contribution in [2.45, 2.75) is 36.7 Å². The van der Waals surface area contributed by atoms with Crippen molar-refractivity contribution >= 4 is 39.3 Å². The number of amides is 1. The van der Waals surface area contributed by atoms with Crippen molar-refractivity contribution in [2.24, 2.45) is 0 Å². The molecule has 0 aliphatic carbocycles. The van der Waals surface area contributed by atoms with Crippen LogP contribution in [0.3, 0.4) is 0 Å². The minimum atomic E-state index is -3.50. The first kappa shape index (κ1) is 23.2. The van der Waals surface area contributed by atoms with E-state index in [-0.39, 0.29) is 10.6 Å². The van der Waals surface area contributed by atoms with Crippen LogP contribution in [0.15, 0.2) is 40.4 Å². The minimum Gasteiger partial charge on any atom is -0.455 e. The first-order valence-electron chi connectivity index (χ1n) is 9.75. The molecule has 0 saturated carbocycles. The number of esters is 1. The van der Waals surface area contributed by atoms with E-state index in [4.69, 9.17) is 4.74 Å². The summed E-state index contributed by atoms with van der Waals surface area (Å²) in [5, 5.41) is 3.05. The third-order valence-corrected chi connectivity index (χ3v) is 7.22. The maximum Gasteiger partial charge on any atom is 0.316 e. The zero-order valence-corrected chi connectivity index (χ0v) is 19.0. The first-order chi connectivity index (χ1) is 14.7. The van der Waals surface area contributed by atoms with Gasteiger partial charge in [-0.25, -0.2) is 18.4 Å². The van der Waals surface area contributed by atoms with Crippen LogP contribution in [0.25, 0.3) is 0 Å². The first-order valence-corrected chi connectivity index (χ1v) is 12.2. The Morgan fingerprint density at radius 1 is 1.10 bits per heavy atom. The lowest BCUT2D eigenvalue weighted by molar-refractivity contribution is -0.144. The highest BCUT2D eigenvalue weighted by Gasteiger charge is 2.26. The molecule has 2 heterocycles. The predicted molar refractivity (Wildman–Crippen MR) is 116 cm³/mol. The van der Waals surface area contributed by atoms with Crippen molar-refractivity contribution in [1.82, 2.24) is 14.3 Å². The highest BCUT2D eigenvalue weighted by molar-refractivity contribution is 7.99. The number of anilines is 1. The molecule has 166 valence electrons. The fourth-order valence-electron chi connectivity index (χ4n) is 3.05. The Labute approximate surface area is 185 Å². The summed E-state index contributed by atoms with van der Waals surface area (Å²) in [5.41, 5.74) is 2.03. The van der Waals surface area contributed by atoms with Gasteiger partial charge in [0.15, 0.2) is 11.8 Å². The van der Waals surface area contributed by atoms with Gasteiger partial charge in [-0.3, -0.25) is 9.59 Å². The number of rotatable bonds is 8. The van der Waals surface area contributed by atoms with E-state index in [1.165, 1.54) is 28.6 Å². The molecular weight excluding hydrogens is 440 g/mol. The average Bonchev–Trinajstić information content (AvgIpc) is 3.26. The maximum absolute atomic E-state index is 12.5. The van der Waals surface area contributed by atoms with Crippen molar-refractivity contribution in [3.8, 4) is 0 Å². The number of ether oxygens (including phenoxy) is 1. The summed E-state index contributed by atoms with van der Waals surface area (Å²) in [5.74, 6) is -1.09. The zero-order valence-electron chi connectivity index (χ0n) is 17.3. The molecule has 1 fully saturated rings. The van der Waals surface area contributed by atoms with Crippen LogP contribution in [-0.2, 0) is 24.3 Å². The molecule has 0 atom stereocenters. The molecule has 0 unspecified atom stereocenters. The number of thioether (sulfide) groups is 1. The van der Waals surface area contributed by atoms with E-state index in [2.05, 4.69) is 15.3 Å². The van der Waals surface area contributed by atoms with Crippen LogP contribution in [0.1, 0.15) is 24.2 Å². The summed E-state index contributed by atoms with van der Waals surface area (Å²) in [6.45, 7) is 4.30. The highest BCUT2D eigenvalue weighted by Crippen LogP contribution is 2.22. The summed E-state index contributed by atoms with van der Waals surface area (Å²) in [4.78, 5) is 32.5. The fraction of sp³-hybridized carbons (Fsp3) is 0.400. The van der Waals surface area contributed by atoms with Gasteiger partial charge < -0.3 is 10.1 Å². The Balaban J connectivity index is 1.45. The molecule has 2 aromatic rings. The number of aryl methyl sites for hydroxylation is 2. The van der Waals surface area contributed by atoms with E-state index in [0.29, 0.717) is 23.9 Å². The number of nitrogens with zero attached hydrogens (tertiary/aromatic N) is 3. The van der Waals surface area contributed by atoms with Crippen molar-refractivity contribution in [3.63, 3.8) is 0 Å². The van der Waals surface area contributed by atoms with Gasteiger partial charge in [0.2, 0.25) is 10.0 Å². The van der Waals surface area contributed by atoms with E-state index in [1.807, 2.05) is 19.9 Å². The molecule has 1 amide bonds. The Morgan fingerprint density at radius 3 is 2.32 bits per heavy atom. The Bertz CT molecular complexity index is 1030. The molecule has 1 aromatic carbocycles. The number of aromatic nitrogens is 2. The molecular formula is C20H24N4O5S2. The number of carbonyl (C=O) groups is 2. The number of hydrogen-bond donors (Lipinski definition) is 1. The summed E-state index contributed by atoms with van der Waals surface area (Å²) in [7, 11) is -3.50. The highest BCUT2D eigenvalue weighted by atomic mass is 32.2. The molecule has 1 aromatic heterocycles. The average molecular weight is 465 g/mol. The predicted octanol–water partition coefficient (Wildman–Crippen LogP) is 2.15. The summed E-state index contributed by atoms with van der Waals surface area (Å²) in [6.07, 6.45) is 1.73. The van der Waals surface area contributed by atoms with Gasteiger partial charge in [0.1, 0.15) is 0 Å². The van der Waals surface area contributed by atoms with Crippen LogP contribution >= 0.6 is 11.8 Å². The van der Waals surface area contributed by atoms with Crippen molar-refractivity contribution in [3.05, 3.63) is 41.7 Å². The minimum absolute atomic E-state index is 0.0147. The number of hydrogen-bond acceptors (Lipinski definition) is 8. The third kappa shape index (κ3) is 6.49. The van der Waals surface area contributed by atoms with Crippen LogP contribution < -0.4 is 5.32 Å². The van der Waals surface area contributed by atoms with Crippen LogP contribution in [0.4, 0.5) is 5.69 Å². The van der Waals surface area contributed by atoms with Gasteiger partial charge in [0.25, 0.3) is 5.91 Å². The topological polar surface area (TPSA) is 119 Å². The molecule has 0 bridgehead atoms. The Morgan fingerprint density at radius 2 is 1.71 bits per heavy atom. The largest absolute Gasteiger partial charge is 0.455 e. The molecule has 1 saturated heterocycles. The fourth-order valence-corrected chi connectivity index (χ4v) is 5.32. The van der Waals surface area contributed by atoms with Crippen LogP contribution in [0, 0.1) is 13.8 Å². The van der Waals surface area contributed by atoms with Gasteiger partial charge in [-0.2, -0.15) is 4.31 Å². The van der Waals surface area contributed by atoms with E-state index in [1.54, 1.807) is 0 Å². The van der Waals surface area contributed by atoms with Gasteiger partial charge >= 0.3 is 5.97 Å². The van der Waals surface area contributed by atoms with Crippen molar-refractivity contribution in [1.29, 1.82) is 0 Å². The maximum atomic E-state index is 12.5. The molecule has 0 spiro atoms. The number of benzene rings is 1. The lowest BCUT2D eigenvalue weighted by Crippen LogP contribution is -2.27. The number of nitrogens with one attached hydrogen (secondary N) is 1. The SMILES string of the molecule is Cc1cc(C)nc(SCC(=O)OCC(=O)Nc2ccc(S(=O)(=O)N3CCCC3)cc2)n1. The Hall–Kier alpha value is -2.50. The van der Waals surface area contributed by atoms with Crippen LogP contribution in [0.2, 0.25) is 0 Å². The molecule has 3 rings (SSSR count). The quantitative estimate of drug-likeness (QED) is 0.359. The monoisotopic (exact) mass is 464 g/mol. The molecule has 1 aliphatic rings. The van der Waals surface area contributed by atoms with Gasteiger partial charge in [0, 0.05) is 30.2 Å². The Kier molecular flexibility index (Phi) is 7.63. The van der Waals surface area contributed by atoms with E-state index in [0.717, 1.165) is 36.0 Å². The third-order valence-electron chi connectivity index (χ3n) is 4.49. The number of sulfonamides is 1. The summed E-state index contributed by atoms with van der Waals surface area (Å²) < 4.78 is 31.5. The van der Waals surface area contributed by atoms with Gasteiger partial charge in [0.05, 0.1) is 10.6 Å². The van der Waals surface area contributed by atoms with Crippen molar-refractivity contribution < 1.29 is 22.7 Å². The molecule has 0 radical (unpaired) electrons. The lowest BCUT2D eigenvalue weighted by atomic mass is 10.3. The molecule has 9 nitrogen and oxygen atoms in total. The van der Waals surface area contributed by atoms with E-state index < -0.39 is 28.5 Å². The van der Waals surface area contributed by atoms with Crippen LogP contribution in [-0.4, -0.2) is 60.0 Å². The lowest BCUT2D eigenvalue weighted by Gasteiger charge is -2.15. The van der Waals surface area contributed by atoms with Crippen LogP contribution in [0.5, 0.6) is 0 Å². The molecule has 1 aliphatic heterocycles. The zero-order chi connectivity index (χ0) is 22.4. The molecule has 1 N–H and O–H groups in total. The van der Waals surface area contributed by atoms with E-state index >= 15 is 0 Å². The second-order valence-corrected chi connectivity index (χ2v) is 9.95. The van der Waals surface area contributed by atoms with Gasteiger partial charge in [-0.05, 0) is 57.0 Å². The standard InChI is InChI=1S/C20H24N4O5S2/c1-14-11-15(2)22-20(21-14)30-13-19(26)29-12-18(25)23-16-5-7-17(8-6-16)31(27,28)24-9-3-4-10-24/h5-8,11H,3-4,9-10,12-13H2,1-2H3,(H,23,25). The molecule has 31 heavy (non-hydrogen) atoms. The second kappa shape index (κ2) is 10.2. The molecule has 11 heteroatoms. The number of carbonyl (C=O) groups excluding carboxylic acids is 2. The van der Waals surface area contributed by atoms with Crippen molar-refractivity contribution in [2.75, 3.05) is 30.8 Å². The van der Waals surface area contributed by atoms with Gasteiger partial charge in [-0.15, -0.1) is 0 Å². The summed E-state index contributed by atoms with van der Waals surface area (Å²) in [6, 6.07) is 7.76. The normalized spacial score (nSPS) is 14.4. The van der Waals surface area contributed by atoms with E-state index in [9.17, 15) is 18.0 Å². The van der Waals surface area contributed by atoms with Gasteiger partial charge in [-0.1, -0.05) is 11.8 Å². The smallest absolute Gasteiger partial charge is 0.316 e. The second-order valence-electron chi connectivity index (χ2n) is 7.07.